The minimum Gasteiger partial charge on any atom is -0.457 e. The maximum absolute atomic E-state index is 12.1. The zero-order valence-corrected chi connectivity index (χ0v) is 17.1. The standard InChI is InChI=1S/C24H24N4O3/c1-2-20(29)28-14-6-7-17(15-28)24-26-21(22(27-24)23(25)30)16-10-12-19(13-11-16)31-18-8-4-3-5-9-18/h2-5,8-13,17H,1,6-7,14-15H2,(H2,25,30)(H,26,27). The number of H-pyrrole nitrogens is 1. The third-order valence-corrected chi connectivity index (χ3v) is 5.37. The highest BCUT2D eigenvalue weighted by molar-refractivity contribution is 5.97. The number of aromatic amines is 1. The first-order chi connectivity index (χ1) is 15.0. The Morgan fingerprint density at radius 2 is 1.84 bits per heavy atom. The van der Waals surface area contributed by atoms with Crippen LogP contribution in [0.1, 0.15) is 35.1 Å². The van der Waals surface area contributed by atoms with Crippen molar-refractivity contribution in [3.05, 3.63) is 78.8 Å². The lowest BCUT2D eigenvalue weighted by molar-refractivity contribution is -0.127. The van der Waals surface area contributed by atoms with Crippen LogP contribution in [0.2, 0.25) is 0 Å². The summed E-state index contributed by atoms with van der Waals surface area (Å²) in [5.41, 5.74) is 7.13. The molecule has 3 aromatic rings. The predicted molar refractivity (Wildman–Crippen MR) is 118 cm³/mol. The lowest BCUT2D eigenvalue weighted by Gasteiger charge is -2.31. The van der Waals surface area contributed by atoms with Gasteiger partial charge in [-0.2, -0.15) is 0 Å². The number of rotatable bonds is 6. The fraction of sp³-hybridized carbons (Fsp3) is 0.208. The number of likely N-dealkylation sites (tertiary alicyclic amines) is 1. The van der Waals surface area contributed by atoms with Crippen LogP contribution in [0, 0.1) is 0 Å². The van der Waals surface area contributed by atoms with Crippen LogP contribution in [0.4, 0.5) is 0 Å². The number of aromatic nitrogens is 2. The van der Waals surface area contributed by atoms with Crippen LogP contribution in [0.5, 0.6) is 11.5 Å². The van der Waals surface area contributed by atoms with Gasteiger partial charge in [0.15, 0.2) is 0 Å². The van der Waals surface area contributed by atoms with Gasteiger partial charge in [0, 0.05) is 24.6 Å². The fourth-order valence-corrected chi connectivity index (χ4v) is 3.81. The number of hydrogen-bond donors (Lipinski definition) is 2. The van der Waals surface area contributed by atoms with E-state index in [2.05, 4.69) is 11.6 Å². The summed E-state index contributed by atoms with van der Waals surface area (Å²) >= 11 is 0. The Morgan fingerprint density at radius 1 is 1.13 bits per heavy atom. The molecule has 2 amide bonds. The third-order valence-electron chi connectivity index (χ3n) is 5.37. The normalized spacial score (nSPS) is 16.0. The van der Waals surface area contributed by atoms with Crippen LogP contribution in [-0.4, -0.2) is 39.8 Å². The maximum atomic E-state index is 12.1. The number of piperidine rings is 1. The molecule has 0 radical (unpaired) electrons. The van der Waals surface area contributed by atoms with E-state index in [1.165, 1.54) is 6.08 Å². The minimum atomic E-state index is -0.576. The summed E-state index contributed by atoms with van der Waals surface area (Å²) in [6, 6.07) is 16.8. The van der Waals surface area contributed by atoms with Gasteiger partial charge in [-0.3, -0.25) is 9.59 Å². The number of carbonyl (C=O) groups excluding carboxylic acids is 2. The van der Waals surface area contributed by atoms with Crippen molar-refractivity contribution in [3.63, 3.8) is 0 Å². The first-order valence-electron chi connectivity index (χ1n) is 10.2. The van der Waals surface area contributed by atoms with E-state index in [0.29, 0.717) is 30.4 Å². The Kier molecular flexibility index (Phi) is 5.84. The molecule has 1 aliphatic heterocycles. The summed E-state index contributed by atoms with van der Waals surface area (Å²) in [5.74, 6) is 1.41. The van der Waals surface area contributed by atoms with Crippen molar-refractivity contribution in [2.45, 2.75) is 18.8 Å². The highest BCUT2D eigenvalue weighted by Crippen LogP contribution is 2.31. The summed E-state index contributed by atoms with van der Waals surface area (Å²) < 4.78 is 5.83. The third kappa shape index (κ3) is 4.50. The number of carbonyl (C=O) groups is 2. The molecule has 0 bridgehead atoms. The molecule has 1 fully saturated rings. The topological polar surface area (TPSA) is 101 Å². The molecule has 0 aliphatic carbocycles. The fourth-order valence-electron chi connectivity index (χ4n) is 3.81. The molecule has 1 unspecified atom stereocenters. The molecular formula is C24H24N4O3. The van der Waals surface area contributed by atoms with Crippen LogP contribution in [-0.2, 0) is 4.79 Å². The maximum Gasteiger partial charge on any atom is 0.267 e. The lowest BCUT2D eigenvalue weighted by atomic mass is 9.97. The largest absolute Gasteiger partial charge is 0.457 e. The number of nitrogens with one attached hydrogen (secondary N) is 1. The molecule has 7 heteroatoms. The molecule has 1 saturated heterocycles. The highest BCUT2D eigenvalue weighted by atomic mass is 16.5. The minimum absolute atomic E-state index is 0.00480. The molecular weight excluding hydrogens is 392 g/mol. The average Bonchev–Trinajstić information content (AvgIpc) is 3.26. The monoisotopic (exact) mass is 416 g/mol. The number of para-hydroxylation sites is 1. The van der Waals surface area contributed by atoms with Gasteiger partial charge in [0.05, 0.1) is 0 Å². The molecule has 1 aliphatic rings. The second-order valence-corrected chi connectivity index (χ2v) is 7.48. The number of primary amides is 1. The van der Waals surface area contributed by atoms with Crippen molar-refractivity contribution in [2.75, 3.05) is 13.1 Å². The summed E-state index contributed by atoms with van der Waals surface area (Å²) in [4.78, 5) is 33.6. The smallest absolute Gasteiger partial charge is 0.267 e. The van der Waals surface area contributed by atoms with E-state index in [9.17, 15) is 9.59 Å². The molecule has 31 heavy (non-hydrogen) atoms. The van der Waals surface area contributed by atoms with Crippen molar-refractivity contribution >= 4 is 11.8 Å². The van der Waals surface area contributed by atoms with E-state index in [4.69, 9.17) is 15.5 Å². The first-order valence-corrected chi connectivity index (χ1v) is 10.2. The number of hydrogen-bond acceptors (Lipinski definition) is 4. The average molecular weight is 416 g/mol. The highest BCUT2D eigenvalue weighted by Gasteiger charge is 2.27. The first kappa shape index (κ1) is 20.4. The molecule has 1 aromatic heterocycles. The molecule has 3 N–H and O–H groups in total. The Bertz CT molecular complexity index is 1090. The van der Waals surface area contributed by atoms with E-state index in [1.807, 2.05) is 54.6 Å². The van der Waals surface area contributed by atoms with Gasteiger partial charge in [0.2, 0.25) is 5.91 Å². The number of nitrogens with two attached hydrogens (primary N) is 1. The zero-order valence-electron chi connectivity index (χ0n) is 17.1. The second-order valence-electron chi connectivity index (χ2n) is 7.48. The van der Waals surface area contributed by atoms with Gasteiger partial charge >= 0.3 is 0 Å². The number of benzene rings is 2. The Balaban J connectivity index is 1.58. The van der Waals surface area contributed by atoms with Crippen molar-refractivity contribution in [3.8, 4) is 22.8 Å². The number of amides is 2. The Morgan fingerprint density at radius 3 is 2.52 bits per heavy atom. The van der Waals surface area contributed by atoms with Crippen LogP contribution in [0.3, 0.4) is 0 Å². The van der Waals surface area contributed by atoms with Gasteiger partial charge < -0.3 is 20.4 Å². The summed E-state index contributed by atoms with van der Waals surface area (Å²) in [6.45, 7) is 4.78. The van der Waals surface area contributed by atoms with Crippen molar-refractivity contribution in [1.82, 2.24) is 14.9 Å². The summed E-state index contributed by atoms with van der Waals surface area (Å²) in [7, 11) is 0. The number of imidazole rings is 1. The molecule has 0 saturated carbocycles. The van der Waals surface area contributed by atoms with Gasteiger partial charge in [0.25, 0.3) is 5.91 Å². The summed E-state index contributed by atoms with van der Waals surface area (Å²) in [5, 5.41) is 0. The quantitative estimate of drug-likeness (QED) is 0.596. The van der Waals surface area contributed by atoms with Crippen molar-refractivity contribution < 1.29 is 14.3 Å². The van der Waals surface area contributed by atoms with Gasteiger partial charge in [0.1, 0.15) is 28.7 Å². The van der Waals surface area contributed by atoms with Crippen molar-refractivity contribution in [2.24, 2.45) is 5.73 Å². The lowest BCUT2D eigenvalue weighted by Crippen LogP contribution is -2.38. The molecule has 0 spiro atoms. The molecule has 2 aromatic carbocycles. The summed E-state index contributed by atoms with van der Waals surface area (Å²) in [6.07, 6.45) is 3.05. The predicted octanol–water partition coefficient (Wildman–Crippen LogP) is 3.86. The molecule has 158 valence electrons. The molecule has 7 nitrogen and oxygen atoms in total. The molecule has 2 heterocycles. The van der Waals surface area contributed by atoms with E-state index in [0.717, 1.165) is 24.2 Å². The van der Waals surface area contributed by atoms with Gasteiger partial charge in [-0.25, -0.2) is 4.98 Å². The Labute approximate surface area is 180 Å². The molecule has 1 atom stereocenters. The number of ether oxygens (including phenoxy) is 1. The Hall–Kier alpha value is -3.87. The van der Waals surface area contributed by atoms with E-state index < -0.39 is 5.91 Å². The van der Waals surface area contributed by atoms with Gasteiger partial charge in [-0.05, 0) is 55.3 Å². The van der Waals surface area contributed by atoms with Crippen LogP contribution in [0.15, 0.2) is 67.3 Å². The zero-order chi connectivity index (χ0) is 21.8. The SMILES string of the molecule is C=CC(=O)N1CCCC(c2nc(-c3ccc(Oc4ccccc4)cc3)c(C(N)=O)[nH]2)C1. The van der Waals surface area contributed by atoms with Crippen LogP contribution in [0.25, 0.3) is 11.3 Å². The number of nitrogens with zero attached hydrogens (tertiary/aromatic N) is 2. The van der Waals surface area contributed by atoms with Crippen LogP contribution < -0.4 is 10.5 Å². The van der Waals surface area contributed by atoms with Crippen LogP contribution >= 0.6 is 0 Å². The van der Waals surface area contributed by atoms with E-state index in [-0.39, 0.29) is 17.5 Å². The van der Waals surface area contributed by atoms with Gasteiger partial charge in [-0.15, -0.1) is 0 Å². The van der Waals surface area contributed by atoms with Gasteiger partial charge in [-0.1, -0.05) is 24.8 Å². The van der Waals surface area contributed by atoms with E-state index in [1.54, 1.807) is 4.90 Å². The molecule has 4 rings (SSSR count). The van der Waals surface area contributed by atoms with Crippen molar-refractivity contribution in [1.29, 1.82) is 0 Å². The van der Waals surface area contributed by atoms with E-state index >= 15 is 0 Å². The second kappa shape index (κ2) is 8.87.